The van der Waals surface area contributed by atoms with Gasteiger partial charge in [-0.3, -0.25) is 0 Å². The van der Waals surface area contributed by atoms with Crippen molar-refractivity contribution < 1.29 is 28.6 Å². The van der Waals surface area contributed by atoms with E-state index in [9.17, 15) is 15.0 Å². The Kier molecular flexibility index (Phi) is 15.8. The number of esters is 1. The predicted octanol–water partition coefficient (Wildman–Crippen LogP) is 10.0. The maximum Gasteiger partial charge on any atom is 0.335 e. The van der Waals surface area contributed by atoms with Crippen molar-refractivity contribution >= 4 is 22.6 Å². The molecule has 0 heterocycles. The van der Waals surface area contributed by atoms with Gasteiger partial charge in [-0.2, -0.15) is 0 Å². The molecule has 0 unspecified atom stereocenters. The Hall–Kier alpha value is -2.08. The number of hydrogen-bond acceptors (Lipinski definition) is 6. The summed E-state index contributed by atoms with van der Waals surface area (Å²) in [6.45, 7) is 29.0. The minimum atomic E-state index is -2.45. The van der Waals surface area contributed by atoms with Gasteiger partial charge in [-0.1, -0.05) is 123 Å². The second kappa shape index (κ2) is 17.9. The summed E-state index contributed by atoms with van der Waals surface area (Å²) in [4.78, 5) is 14.4. The maximum absolute atomic E-state index is 14.4. The van der Waals surface area contributed by atoms with Crippen molar-refractivity contribution in [3.8, 4) is 0 Å². The van der Waals surface area contributed by atoms with Crippen LogP contribution in [-0.2, 0) is 18.4 Å². The first kappa shape index (κ1) is 43.1. The van der Waals surface area contributed by atoms with Crippen molar-refractivity contribution in [2.75, 3.05) is 0 Å². The van der Waals surface area contributed by atoms with E-state index in [1.165, 1.54) is 0 Å². The number of aliphatic hydroxyl groups excluding tert-OH is 2. The topological polar surface area (TPSA) is 85.2 Å². The monoisotopic (exact) mass is 712 g/mol. The number of rotatable bonds is 18. The van der Waals surface area contributed by atoms with Crippen LogP contribution >= 0.6 is 0 Å². The lowest BCUT2D eigenvalue weighted by Gasteiger charge is -2.44. The third-order valence-electron chi connectivity index (χ3n) is 11.6. The first-order valence-electron chi connectivity index (χ1n) is 18.4. The van der Waals surface area contributed by atoms with Gasteiger partial charge in [-0.25, -0.2) is 4.79 Å². The molecule has 0 saturated carbocycles. The molecule has 0 aliphatic rings. The van der Waals surface area contributed by atoms with E-state index in [0.29, 0.717) is 11.1 Å². The molecule has 0 fully saturated rings. The lowest BCUT2D eigenvalue weighted by molar-refractivity contribution is -0.156. The minimum absolute atomic E-state index is 0.137. The summed E-state index contributed by atoms with van der Waals surface area (Å²) in [5.41, 5.74) is 2.52. The van der Waals surface area contributed by atoms with E-state index < -0.39 is 52.4 Å². The van der Waals surface area contributed by atoms with Gasteiger partial charge in [0.1, 0.15) is 12.2 Å². The van der Waals surface area contributed by atoms with Crippen molar-refractivity contribution in [3.63, 3.8) is 0 Å². The Bertz CT molecular complexity index is 1280. The molecule has 2 aromatic carbocycles. The first-order valence-corrected chi connectivity index (χ1v) is 23.9. The van der Waals surface area contributed by atoms with E-state index in [-0.39, 0.29) is 17.1 Å². The predicted molar refractivity (Wildman–Crippen MR) is 209 cm³/mol. The fourth-order valence-electron chi connectivity index (χ4n) is 6.39. The van der Waals surface area contributed by atoms with Crippen LogP contribution < -0.4 is 0 Å². The largest absolute Gasteiger partial charge is 0.456 e. The van der Waals surface area contributed by atoms with E-state index >= 15 is 0 Å². The fraction of sp³-hybridized carbons (Fsp3) is 0.634. The normalized spacial score (nSPS) is 16.8. The SMILES string of the molecule is CC[C@H](O[Si](CC)(CC)CC)C(C)(C)[C@@H](O)[C@@H](O)/C(C)=C(\C)[C@H](C)OC(=O)[C@H](O[Si](C)(C)C(C)(C)C)C(c1ccccc1)c1ccccc1. The Labute approximate surface area is 300 Å². The van der Waals surface area contributed by atoms with Crippen LogP contribution in [0.2, 0.25) is 36.3 Å². The molecule has 8 heteroatoms. The Morgan fingerprint density at radius 2 is 1.20 bits per heavy atom. The highest BCUT2D eigenvalue weighted by molar-refractivity contribution is 6.74. The molecule has 0 radical (unpaired) electrons. The van der Waals surface area contributed by atoms with Crippen LogP contribution in [-0.4, -0.2) is 63.3 Å². The fourth-order valence-corrected chi connectivity index (χ4v) is 10.7. The number of hydrogen-bond donors (Lipinski definition) is 2. The zero-order chi connectivity index (χ0) is 37.4. The van der Waals surface area contributed by atoms with Gasteiger partial charge in [-0.15, -0.1) is 0 Å². The summed E-state index contributed by atoms with van der Waals surface area (Å²) in [5.74, 6) is -0.831. The molecular formula is C41H68O6Si2. The third-order valence-corrected chi connectivity index (χ3v) is 20.7. The van der Waals surface area contributed by atoms with Crippen molar-refractivity contribution in [3.05, 3.63) is 82.9 Å². The van der Waals surface area contributed by atoms with E-state index in [1.54, 1.807) is 0 Å². The van der Waals surface area contributed by atoms with Crippen LogP contribution in [0.25, 0.3) is 0 Å². The lowest BCUT2D eigenvalue weighted by Crippen LogP contribution is -2.52. The Balaban J connectivity index is 2.48. The third kappa shape index (κ3) is 10.5. The number of aliphatic hydroxyl groups is 2. The molecule has 2 rings (SSSR count). The highest BCUT2D eigenvalue weighted by Gasteiger charge is 2.46. The van der Waals surface area contributed by atoms with Crippen LogP contribution in [0, 0.1) is 5.41 Å². The van der Waals surface area contributed by atoms with Gasteiger partial charge in [0, 0.05) is 11.3 Å². The number of carbonyl (C=O) groups excluding carboxylic acids is 1. The van der Waals surface area contributed by atoms with Crippen LogP contribution in [0.3, 0.4) is 0 Å². The van der Waals surface area contributed by atoms with Gasteiger partial charge in [0.25, 0.3) is 0 Å². The highest BCUT2D eigenvalue weighted by Crippen LogP contribution is 2.42. The van der Waals surface area contributed by atoms with Crippen molar-refractivity contribution in [2.45, 2.75) is 162 Å². The summed E-state index contributed by atoms with van der Waals surface area (Å²) >= 11 is 0. The highest BCUT2D eigenvalue weighted by atomic mass is 28.4. The van der Waals surface area contributed by atoms with Crippen LogP contribution in [0.1, 0.15) is 107 Å². The summed E-state index contributed by atoms with van der Waals surface area (Å²) in [6.07, 6.45) is -3.25. The Morgan fingerprint density at radius 3 is 1.59 bits per heavy atom. The van der Waals surface area contributed by atoms with Gasteiger partial charge in [0.2, 0.25) is 0 Å². The van der Waals surface area contributed by atoms with Crippen molar-refractivity contribution in [1.82, 2.24) is 0 Å². The quantitative estimate of drug-likeness (QED) is 0.0909. The molecule has 0 bridgehead atoms. The van der Waals surface area contributed by atoms with Crippen molar-refractivity contribution in [2.24, 2.45) is 5.41 Å². The van der Waals surface area contributed by atoms with Gasteiger partial charge in [-0.05, 0) is 85.7 Å². The van der Waals surface area contributed by atoms with Gasteiger partial charge in [0.15, 0.2) is 22.7 Å². The van der Waals surface area contributed by atoms with Crippen LogP contribution in [0.15, 0.2) is 71.8 Å². The van der Waals surface area contributed by atoms with E-state index in [0.717, 1.165) is 35.7 Å². The summed E-state index contributed by atoms with van der Waals surface area (Å²) in [7, 11) is -4.40. The molecule has 49 heavy (non-hydrogen) atoms. The molecule has 0 spiro atoms. The van der Waals surface area contributed by atoms with E-state index in [1.807, 2.05) is 95.3 Å². The summed E-state index contributed by atoms with van der Waals surface area (Å²) in [5, 5.41) is 23.2. The molecule has 5 atom stereocenters. The van der Waals surface area contributed by atoms with Crippen LogP contribution in [0.4, 0.5) is 0 Å². The molecule has 2 aromatic rings. The van der Waals surface area contributed by atoms with Gasteiger partial charge >= 0.3 is 5.97 Å². The number of benzene rings is 2. The minimum Gasteiger partial charge on any atom is -0.456 e. The van der Waals surface area contributed by atoms with E-state index in [2.05, 4.69) is 61.6 Å². The molecule has 0 aliphatic carbocycles. The average molecular weight is 713 g/mol. The molecule has 0 aliphatic heterocycles. The van der Waals surface area contributed by atoms with Crippen molar-refractivity contribution in [1.29, 1.82) is 0 Å². The zero-order valence-corrected chi connectivity index (χ0v) is 35.1. The second-order valence-corrected chi connectivity index (χ2v) is 25.5. The average Bonchev–Trinajstić information content (AvgIpc) is 3.07. The lowest BCUT2D eigenvalue weighted by atomic mass is 9.75. The molecule has 6 nitrogen and oxygen atoms in total. The first-order chi connectivity index (χ1) is 22.7. The standard InChI is InChI=1S/C41H68O6Si2/c1-15-34(46-49(16-2,17-3)18-4)41(11,12)38(43)36(42)30(6)29(5)31(7)45-39(44)37(47-48(13,14)40(8,9)10)35(32-25-21-19-22-26-32)33-27-23-20-24-28-33/h19-28,31,34-38,42-43H,15-18H2,1-14H3/b30-29+/t31-,34-,36-,37+,38-/m0/s1. The summed E-state index contributed by atoms with van der Waals surface area (Å²) in [6, 6.07) is 23.1. The van der Waals surface area contributed by atoms with Gasteiger partial charge in [0.05, 0.1) is 12.2 Å². The maximum atomic E-state index is 14.4. The second-order valence-electron chi connectivity index (χ2n) is 16.0. The van der Waals surface area contributed by atoms with Gasteiger partial charge < -0.3 is 23.8 Å². The zero-order valence-electron chi connectivity index (χ0n) is 33.1. The molecule has 2 N–H and O–H groups in total. The van der Waals surface area contributed by atoms with E-state index in [4.69, 9.17) is 13.6 Å². The Morgan fingerprint density at radius 1 is 0.755 bits per heavy atom. The number of carbonyl (C=O) groups is 1. The molecule has 0 amide bonds. The van der Waals surface area contributed by atoms with Crippen LogP contribution in [0.5, 0.6) is 0 Å². The molecule has 276 valence electrons. The smallest absolute Gasteiger partial charge is 0.335 e. The molecule has 0 aromatic heterocycles. The molecule has 0 saturated heterocycles. The molecular weight excluding hydrogens is 645 g/mol. The number of ether oxygens (including phenoxy) is 1. The summed E-state index contributed by atoms with van der Waals surface area (Å²) < 4.78 is 20.1.